The summed E-state index contributed by atoms with van der Waals surface area (Å²) in [6.07, 6.45) is 1.30. The Labute approximate surface area is 121 Å². The number of amides is 2. The number of piperidine rings is 1. The SMILES string of the molecule is O=C(O)C1CCCN(C(=O)Nc2cccc3c2OCO3)C1. The van der Waals surface area contributed by atoms with Crippen LogP contribution in [0.4, 0.5) is 10.5 Å². The van der Waals surface area contributed by atoms with Crippen molar-refractivity contribution in [3.05, 3.63) is 18.2 Å². The first kappa shape index (κ1) is 13.5. The van der Waals surface area contributed by atoms with E-state index in [9.17, 15) is 9.59 Å². The van der Waals surface area contributed by atoms with Crippen LogP contribution in [-0.4, -0.2) is 41.9 Å². The number of fused-ring (bicyclic) bond motifs is 1. The summed E-state index contributed by atoms with van der Waals surface area (Å²) in [5.41, 5.74) is 0.535. The van der Waals surface area contributed by atoms with Crippen LogP contribution in [0.1, 0.15) is 12.8 Å². The number of carbonyl (C=O) groups excluding carboxylic acids is 1. The first-order valence-electron chi connectivity index (χ1n) is 6.82. The Bertz CT molecular complexity index is 574. The molecule has 1 aromatic rings. The first-order valence-corrected chi connectivity index (χ1v) is 6.82. The highest BCUT2D eigenvalue weighted by Crippen LogP contribution is 2.38. The third-order valence-corrected chi connectivity index (χ3v) is 3.70. The summed E-state index contributed by atoms with van der Waals surface area (Å²) in [5, 5.41) is 11.8. The van der Waals surface area contributed by atoms with Crippen LogP contribution < -0.4 is 14.8 Å². The summed E-state index contributed by atoms with van der Waals surface area (Å²) in [5.74, 6) is -0.247. The van der Waals surface area contributed by atoms with E-state index in [0.29, 0.717) is 36.6 Å². The molecule has 7 heteroatoms. The molecule has 2 aliphatic heterocycles. The highest BCUT2D eigenvalue weighted by Gasteiger charge is 2.29. The molecule has 0 saturated carbocycles. The molecule has 2 N–H and O–H groups in total. The largest absolute Gasteiger partial charge is 0.481 e. The lowest BCUT2D eigenvalue weighted by molar-refractivity contribution is -0.143. The maximum absolute atomic E-state index is 12.3. The Balaban J connectivity index is 1.69. The van der Waals surface area contributed by atoms with Crippen molar-refractivity contribution in [2.24, 2.45) is 5.92 Å². The number of ether oxygens (including phenoxy) is 2. The fraction of sp³-hybridized carbons (Fsp3) is 0.429. The number of nitrogens with one attached hydrogen (secondary N) is 1. The quantitative estimate of drug-likeness (QED) is 0.867. The fourth-order valence-corrected chi connectivity index (χ4v) is 2.59. The summed E-state index contributed by atoms with van der Waals surface area (Å²) in [6, 6.07) is 4.94. The molecular weight excluding hydrogens is 276 g/mol. The molecule has 2 amide bonds. The highest BCUT2D eigenvalue weighted by atomic mass is 16.7. The van der Waals surface area contributed by atoms with Crippen molar-refractivity contribution in [3.63, 3.8) is 0 Å². The van der Waals surface area contributed by atoms with Crippen LogP contribution in [0.3, 0.4) is 0 Å². The normalized spacial score (nSPS) is 20.2. The van der Waals surface area contributed by atoms with Gasteiger partial charge in [0.2, 0.25) is 6.79 Å². The number of rotatable bonds is 2. The number of hydrogen-bond donors (Lipinski definition) is 2. The van der Waals surface area contributed by atoms with Gasteiger partial charge in [0.15, 0.2) is 11.5 Å². The highest BCUT2D eigenvalue weighted by molar-refractivity contribution is 5.92. The van der Waals surface area contributed by atoms with Gasteiger partial charge in [-0.15, -0.1) is 0 Å². The number of carbonyl (C=O) groups is 2. The van der Waals surface area contributed by atoms with Crippen molar-refractivity contribution >= 4 is 17.7 Å². The van der Waals surface area contributed by atoms with Crippen LogP contribution in [-0.2, 0) is 4.79 Å². The Morgan fingerprint density at radius 2 is 2.19 bits per heavy atom. The number of benzene rings is 1. The molecule has 1 saturated heterocycles. The van der Waals surface area contributed by atoms with E-state index in [1.807, 2.05) is 0 Å². The van der Waals surface area contributed by atoms with Crippen LogP contribution in [0.5, 0.6) is 11.5 Å². The predicted octanol–water partition coefficient (Wildman–Crippen LogP) is 1.74. The topological polar surface area (TPSA) is 88.1 Å². The molecule has 1 fully saturated rings. The molecule has 1 atom stereocenters. The zero-order valence-corrected chi connectivity index (χ0v) is 11.4. The van der Waals surface area contributed by atoms with Crippen molar-refractivity contribution in [3.8, 4) is 11.5 Å². The zero-order chi connectivity index (χ0) is 14.8. The van der Waals surface area contributed by atoms with Crippen LogP contribution in [0, 0.1) is 5.92 Å². The Morgan fingerprint density at radius 1 is 1.33 bits per heavy atom. The molecule has 1 unspecified atom stereocenters. The number of hydrogen-bond acceptors (Lipinski definition) is 4. The lowest BCUT2D eigenvalue weighted by Crippen LogP contribution is -2.44. The minimum Gasteiger partial charge on any atom is -0.481 e. The van der Waals surface area contributed by atoms with E-state index in [1.54, 1.807) is 18.2 Å². The zero-order valence-electron chi connectivity index (χ0n) is 11.4. The molecule has 0 radical (unpaired) electrons. The number of carboxylic acids is 1. The second-order valence-corrected chi connectivity index (χ2v) is 5.09. The number of likely N-dealkylation sites (tertiary alicyclic amines) is 1. The van der Waals surface area contributed by atoms with Crippen LogP contribution in [0.25, 0.3) is 0 Å². The molecule has 0 aliphatic carbocycles. The number of anilines is 1. The van der Waals surface area contributed by atoms with Gasteiger partial charge in [0.25, 0.3) is 0 Å². The maximum atomic E-state index is 12.3. The van der Waals surface area contributed by atoms with Crippen molar-refractivity contribution in [1.29, 1.82) is 0 Å². The van der Waals surface area contributed by atoms with E-state index < -0.39 is 11.9 Å². The van der Waals surface area contributed by atoms with Gasteiger partial charge in [-0.05, 0) is 25.0 Å². The van der Waals surface area contributed by atoms with Gasteiger partial charge >= 0.3 is 12.0 Å². The summed E-state index contributed by atoms with van der Waals surface area (Å²) in [4.78, 5) is 24.8. The number of nitrogens with zero attached hydrogens (tertiary/aromatic N) is 1. The van der Waals surface area contributed by atoms with Crippen molar-refractivity contribution in [1.82, 2.24) is 4.90 Å². The molecule has 2 aliphatic rings. The van der Waals surface area contributed by atoms with E-state index in [1.165, 1.54) is 4.90 Å². The summed E-state index contributed by atoms with van der Waals surface area (Å²) >= 11 is 0. The molecule has 1 aromatic carbocycles. The smallest absolute Gasteiger partial charge is 0.321 e. The molecule has 0 spiro atoms. The molecule has 0 aromatic heterocycles. The lowest BCUT2D eigenvalue weighted by Gasteiger charge is -2.30. The van der Waals surface area contributed by atoms with Gasteiger partial charge < -0.3 is 24.8 Å². The molecule has 3 rings (SSSR count). The van der Waals surface area contributed by atoms with Crippen LogP contribution >= 0.6 is 0 Å². The van der Waals surface area contributed by atoms with Crippen LogP contribution in [0.2, 0.25) is 0 Å². The molecule has 0 bridgehead atoms. The Kier molecular flexibility index (Phi) is 3.55. The van der Waals surface area contributed by atoms with Gasteiger partial charge in [-0.3, -0.25) is 4.79 Å². The molecule has 7 nitrogen and oxygen atoms in total. The van der Waals surface area contributed by atoms with E-state index in [4.69, 9.17) is 14.6 Å². The number of aliphatic carboxylic acids is 1. The van der Waals surface area contributed by atoms with Gasteiger partial charge in [0, 0.05) is 13.1 Å². The van der Waals surface area contributed by atoms with Crippen molar-refractivity contribution < 1.29 is 24.2 Å². The van der Waals surface area contributed by atoms with Gasteiger partial charge in [0.1, 0.15) is 0 Å². The molecular formula is C14H16N2O5. The molecule has 21 heavy (non-hydrogen) atoms. The van der Waals surface area contributed by atoms with Gasteiger partial charge in [-0.1, -0.05) is 6.07 Å². The van der Waals surface area contributed by atoms with Crippen molar-refractivity contribution in [2.75, 3.05) is 25.2 Å². The van der Waals surface area contributed by atoms with E-state index in [-0.39, 0.29) is 19.4 Å². The monoisotopic (exact) mass is 292 g/mol. The second kappa shape index (κ2) is 5.51. The van der Waals surface area contributed by atoms with Crippen molar-refractivity contribution in [2.45, 2.75) is 12.8 Å². The summed E-state index contributed by atoms with van der Waals surface area (Å²) in [6.45, 7) is 0.919. The van der Waals surface area contributed by atoms with E-state index in [0.717, 1.165) is 0 Å². The first-order chi connectivity index (χ1) is 10.1. The fourth-order valence-electron chi connectivity index (χ4n) is 2.59. The minimum atomic E-state index is -0.857. The Morgan fingerprint density at radius 3 is 3.00 bits per heavy atom. The van der Waals surface area contributed by atoms with E-state index >= 15 is 0 Å². The van der Waals surface area contributed by atoms with Crippen LogP contribution in [0.15, 0.2) is 18.2 Å². The average molecular weight is 292 g/mol. The van der Waals surface area contributed by atoms with Gasteiger partial charge in [0.05, 0.1) is 11.6 Å². The van der Waals surface area contributed by atoms with Gasteiger partial charge in [-0.2, -0.15) is 0 Å². The van der Waals surface area contributed by atoms with Gasteiger partial charge in [-0.25, -0.2) is 4.79 Å². The third kappa shape index (κ3) is 2.72. The lowest BCUT2D eigenvalue weighted by atomic mass is 9.99. The van der Waals surface area contributed by atoms with E-state index in [2.05, 4.69) is 5.32 Å². The summed E-state index contributed by atoms with van der Waals surface area (Å²) in [7, 11) is 0. The number of carboxylic acid groups (broad SMARTS) is 1. The molecule has 2 heterocycles. The standard InChI is InChI=1S/C14H16N2O5/c17-13(18)9-3-2-6-16(7-9)14(19)15-10-4-1-5-11-12(10)21-8-20-11/h1,4-5,9H,2-3,6-8H2,(H,15,19)(H,17,18). The third-order valence-electron chi connectivity index (χ3n) is 3.70. The predicted molar refractivity (Wildman–Crippen MR) is 73.5 cm³/mol. The second-order valence-electron chi connectivity index (χ2n) is 5.09. The number of urea groups is 1. The Hall–Kier alpha value is -2.44. The maximum Gasteiger partial charge on any atom is 0.321 e. The summed E-state index contributed by atoms with van der Waals surface area (Å²) < 4.78 is 10.6. The number of para-hydroxylation sites is 1. The minimum absolute atomic E-state index is 0.132. The molecule has 112 valence electrons. The average Bonchev–Trinajstić information content (AvgIpc) is 2.97.